The number of carbonyl (C=O) groups excluding carboxylic acids is 1. The zero-order valence-electron chi connectivity index (χ0n) is 7.19. The van der Waals surface area contributed by atoms with Crippen LogP contribution in [0.5, 0.6) is 11.5 Å². The minimum atomic E-state index is -0.282. The van der Waals surface area contributed by atoms with Gasteiger partial charge >= 0.3 is 0 Å². The van der Waals surface area contributed by atoms with Gasteiger partial charge in [-0.25, -0.2) is 0 Å². The fourth-order valence-electron chi connectivity index (χ4n) is 0.924. The van der Waals surface area contributed by atoms with Crippen molar-refractivity contribution in [2.75, 3.05) is 0 Å². The van der Waals surface area contributed by atoms with Gasteiger partial charge in [-0.3, -0.25) is 4.79 Å². The molecule has 68 valence electrons. The van der Waals surface area contributed by atoms with E-state index in [1.54, 1.807) is 13.0 Å². The number of ketones is 1. The smallest absolute Gasteiger partial charge is 0.185 e. The van der Waals surface area contributed by atoms with Crippen LogP contribution in [0.4, 0.5) is 0 Å². The van der Waals surface area contributed by atoms with E-state index in [1.807, 2.05) is 0 Å². The molecule has 0 bridgehead atoms. The summed E-state index contributed by atoms with van der Waals surface area (Å²) in [6.07, 6.45) is 3.01. The van der Waals surface area contributed by atoms with E-state index in [9.17, 15) is 4.79 Å². The maximum absolute atomic E-state index is 11.2. The van der Waals surface area contributed by atoms with Gasteiger partial charge in [0.15, 0.2) is 17.3 Å². The molecule has 0 saturated heterocycles. The van der Waals surface area contributed by atoms with Crippen LogP contribution in [0, 0.1) is 0 Å². The quantitative estimate of drug-likeness (QED) is 0.413. The zero-order valence-corrected chi connectivity index (χ0v) is 7.19. The van der Waals surface area contributed by atoms with Gasteiger partial charge in [0, 0.05) is 5.56 Å². The second-order valence-electron chi connectivity index (χ2n) is 2.57. The van der Waals surface area contributed by atoms with Gasteiger partial charge in [-0.15, -0.1) is 0 Å². The van der Waals surface area contributed by atoms with E-state index < -0.39 is 0 Å². The van der Waals surface area contributed by atoms with Crippen molar-refractivity contribution < 1.29 is 15.0 Å². The number of hydrogen-bond acceptors (Lipinski definition) is 3. The normalized spacial score (nSPS) is 10.5. The fourth-order valence-corrected chi connectivity index (χ4v) is 0.924. The Labute approximate surface area is 76.0 Å². The fraction of sp³-hybridized carbons (Fsp3) is 0.100. The number of carbonyl (C=O) groups is 1. The summed E-state index contributed by atoms with van der Waals surface area (Å²) >= 11 is 0. The average Bonchev–Trinajstić information content (AvgIpc) is 2.10. The van der Waals surface area contributed by atoms with E-state index in [-0.39, 0.29) is 17.3 Å². The molecule has 1 aromatic rings. The van der Waals surface area contributed by atoms with Gasteiger partial charge in [0.2, 0.25) is 0 Å². The predicted molar refractivity (Wildman–Crippen MR) is 48.9 cm³/mol. The highest BCUT2D eigenvalue weighted by Gasteiger charge is 2.04. The summed E-state index contributed by atoms with van der Waals surface area (Å²) in [4.78, 5) is 11.2. The van der Waals surface area contributed by atoms with Crippen LogP contribution in [0.15, 0.2) is 30.4 Å². The van der Waals surface area contributed by atoms with Crippen molar-refractivity contribution >= 4 is 5.78 Å². The van der Waals surface area contributed by atoms with Gasteiger partial charge in [-0.05, 0) is 31.2 Å². The van der Waals surface area contributed by atoms with Crippen LogP contribution in [-0.4, -0.2) is 16.0 Å². The molecule has 0 aromatic heterocycles. The van der Waals surface area contributed by atoms with Crippen LogP contribution in [0.2, 0.25) is 0 Å². The van der Waals surface area contributed by atoms with Gasteiger partial charge in [-0.2, -0.15) is 0 Å². The first kappa shape index (κ1) is 9.32. The molecule has 0 aliphatic rings. The number of phenolic OH excluding ortho intramolecular Hbond substituents is 2. The first-order chi connectivity index (χ1) is 6.15. The van der Waals surface area contributed by atoms with Crippen molar-refractivity contribution in [2.45, 2.75) is 6.92 Å². The van der Waals surface area contributed by atoms with Gasteiger partial charge < -0.3 is 10.2 Å². The Bertz CT molecular complexity index is 353. The maximum Gasteiger partial charge on any atom is 0.185 e. The molecular weight excluding hydrogens is 168 g/mol. The summed E-state index contributed by atoms with van der Waals surface area (Å²) in [5.74, 6) is -0.704. The Balaban J connectivity index is 3.04. The lowest BCUT2D eigenvalue weighted by Gasteiger charge is -1.99. The van der Waals surface area contributed by atoms with Crippen molar-refractivity contribution in [1.82, 2.24) is 0 Å². The monoisotopic (exact) mass is 178 g/mol. The van der Waals surface area contributed by atoms with Crippen molar-refractivity contribution in [3.8, 4) is 11.5 Å². The number of benzene rings is 1. The van der Waals surface area contributed by atoms with Gasteiger partial charge in [-0.1, -0.05) is 6.08 Å². The minimum Gasteiger partial charge on any atom is -0.504 e. The highest BCUT2D eigenvalue weighted by Crippen LogP contribution is 2.24. The van der Waals surface area contributed by atoms with E-state index in [2.05, 4.69) is 0 Å². The number of rotatable bonds is 2. The average molecular weight is 178 g/mol. The third kappa shape index (κ3) is 2.08. The number of phenols is 2. The van der Waals surface area contributed by atoms with Crippen LogP contribution >= 0.6 is 0 Å². The minimum absolute atomic E-state index is 0.196. The van der Waals surface area contributed by atoms with Crippen molar-refractivity contribution in [2.24, 2.45) is 0 Å². The number of aromatic hydroxyl groups is 2. The van der Waals surface area contributed by atoms with E-state index in [0.29, 0.717) is 5.56 Å². The Morgan fingerprint density at radius 3 is 2.54 bits per heavy atom. The largest absolute Gasteiger partial charge is 0.504 e. The Morgan fingerprint density at radius 2 is 2.00 bits per heavy atom. The van der Waals surface area contributed by atoms with Crippen molar-refractivity contribution in [1.29, 1.82) is 0 Å². The van der Waals surface area contributed by atoms with Gasteiger partial charge in [0.1, 0.15) is 0 Å². The molecule has 0 spiro atoms. The lowest BCUT2D eigenvalue weighted by molar-refractivity contribution is 0.104. The van der Waals surface area contributed by atoms with Gasteiger partial charge in [0.25, 0.3) is 0 Å². The van der Waals surface area contributed by atoms with Crippen molar-refractivity contribution in [3.05, 3.63) is 35.9 Å². The summed E-state index contributed by atoms with van der Waals surface area (Å²) in [6.45, 7) is 1.73. The lowest BCUT2D eigenvalue weighted by Crippen LogP contribution is -1.92. The first-order valence-electron chi connectivity index (χ1n) is 3.84. The van der Waals surface area contributed by atoms with Crippen molar-refractivity contribution in [3.63, 3.8) is 0 Å². The lowest BCUT2D eigenvalue weighted by atomic mass is 10.1. The van der Waals surface area contributed by atoms with Crippen LogP contribution in [0.25, 0.3) is 0 Å². The highest BCUT2D eigenvalue weighted by atomic mass is 16.3. The summed E-state index contributed by atoms with van der Waals surface area (Å²) < 4.78 is 0. The predicted octanol–water partition coefficient (Wildman–Crippen LogP) is 1.86. The highest BCUT2D eigenvalue weighted by molar-refractivity contribution is 6.04. The van der Waals surface area contributed by atoms with E-state index in [4.69, 9.17) is 10.2 Å². The molecule has 0 aliphatic heterocycles. The summed E-state index contributed by atoms with van der Waals surface area (Å²) in [7, 11) is 0. The topological polar surface area (TPSA) is 57.5 Å². The molecule has 0 amide bonds. The van der Waals surface area contributed by atoms with E-state index >= 15 is 0 Å². The molecule has 3 heteroatoms. The third-order valence-corrected chi connectivity index (χ3v) is 1.58. The number of allylic oxidation sites excluding steroid dienone is 2. The SMILES string of the molecule is C/C=C/C(=O)c1ccc(O)c(O)c1. The molecule has 0 atom stereocenters. The molecule has 0 saturated carbocycles. The van der Waals surface area contributed by atoms with E-state index in [0.717, 1.165) is 0 Å². The second kappa shape index (κ2) is 3.76. The maximum atomic E-state index is 11.2. The molecule has 13 heavy (non-hydrogen) atoms. The molecule has 0 fully saturated rings. The van der Waals surface area contributed by atoms with Crippen LogP contribution in [0.3, 0.4) is 0 Å². The molecular formula is C10H10O3. The zero-order chi connectivity index (χ0) is 9.84. The van der Waals surface area contributed by atoms with Crippen LogP contribution < -0.4 is 0 Å². The number of hydrogen-bond donors (Lipinski definition) is 2. The Morgan fingerprint density at radius 1 is 1.31 bits per heavy atom. The molecule has 0 heterocycles. The molecule has 0 aliphatic carbocycles. The standard InChI is InChI=1S/C10H10O3/c1-2-3-8(11)7-4-5-9(12)10(13)6-7/h2-6,12-13H,1H3/b3-2+. The molecule has 0 unspecified atom stereocenters. The van der Waals surface area contributed by atoms with Gasteiger partial charge in [0.05, 0.1) is 0 Å². The second-order valence-corrected chi connectivity index (χ2v) is 2.57. The van der Waals surface area contributed by atoms with Crippen LogP contribution in [0.1, 0.15) is 17.3 Å². The third-order valence-electron chi connectivity index (χ3n) is 1.58. The molecule has 1 aromatic carbocycles. The summed E-state index contributed by atoms with van der Waals surface area (Å²) in [5, 5.41) is 18.1. The van der Waals surface area contributed by atoms with Crippen LogP contribution in [-0.2, 0) is 0 Å². The molecule has 1 rings (SSSR count). The molecule has 0 radical (unpaired) electrons. The Kier molecular flexibility index (Phi) is 2.69. The molecule has 2 N–H and O–H groups in total. The summed E-state index contributed by atoms with van der Waals surface area (Å²) in [6, 6.07) is 3.97. The Hall–Kier alpha value is -1.77. The summed E-state index contributed by atoms with van der Waals surface area (Å²) in [5.41, 5.74) is 0.355. The van der Waals surface area contributed by atoms with E-state index in [1.165, 1.54) is 24.3 Å². The first-order valence-corrected chi connectivity index (χ1v) is 3.84. The molecule has 3 nitrogen and oxygen atoms in total.